The number of Topliss-reactive ketones (excluding diaryl/α,β-unsaturated/α-hetero) is 1. The first-order valence-electron chi connectivity index (χ1n) is 10.7. The zero-order chi connectivity index (χ0) is 21.8. The third-order valence-electron chi connectivity index (χ3n) is 6.18. The molecule has 2 aromatic carbocycles. The van der Waals surface area contributed by atoms with Gasteiger partial charge in [-0.3, -0.25) is 14.5 Å². The summed E-state index contributed by atoms with van der Waals surface area (Å²) in [5.41, 5.74) is 3.85. The summed E-state index contributed by atoms with van der Waals surface area (Å²) >= 11 is 0. The van der Waals surface area contributed by atoms with Gasteiger partial charge in [-0.15, -0.1) is 0 Å². The molecule has 1 amide bonds. The molecule has 1 N–H and O–H groups in total. The number of benzene rings is 2. The number of allylic oxidation sites excluding steroid dienone is 1. The van der Waals surface area contributed by atoms with Crippen LogP contribution in [0.1, 0.15) is 51.6 Å². The second kappa shape index (κ2) is 7.15. The number of carbonyl (C=O) groups is 2. The maximum atomic E-state index is 13.5. The third kappa shape index (κ3) is 3.26. The van der Waals surface area contributed by atoms with Crippen LogP contribution in [0.15, 0.2) is 53.7 Å². The molecule has 0 fully saturated rings. The number of carbonyl (C=O) groups excluding carboxylic acids is 2. The molecular formula is C25H26N2O4. The Hall–Kier alpha value is -3.28. The van der Waals surface area contributed by atoms with Gasteiger partial charge in [-0.2, -0.15) is 0 Å². The lowest BCUT2D eigenvalue weighted by molar-refractivity contribution is -0.119. The van der Waals surface area contributed by atoms with Gasteiger partial charge in [-0.25, -0.2) is 0 Å². The normalized spacial score (nSPS) is 21.2. The lowest BCUT2D eigenvalue weighted by Gasteiger charge is -2.37. The largest absolute Gasteiger partial charge is 0.454 e. The van der Waals surface area contributed by atoms with E-state index in [1.54, 1.807) is 4.90 Å². The maximum Gasteiger partial charge on any atom is 0.231 e. The minimum absolute atomic E-state index is 0.0386. The van der Waals surface area contributed by atoms with Gasteiger partial charge < -0.3 is 14.8 Å². The van der Waals surface area contributed by atoms with Gasteiger partial charge in [0, 0.05) is 24.1 Å². The van der Waals surface area contributed by atoms with Crippen molar-refractivity contribution < 1.29 is 19.1 Å². The molecule has 6 heteroatoms. The van der Waals surface area contributed by atoms with Crippen LogP contribution in [0, 0.1) is 5.41 Å². The molecule has 3 aliphatic rings. The highest BCUT2D eigenvalue weighted by atomic mass is 16.7. The molecule has 2 aromatic rings. The standard InChI is InChI=1S/C25H26N2O4/c1-4-22(29)27-18-8-6-5-7-16(18)26-17-12-25(2,3)13-19(28)23(17)24(27)15-9-10-20-21(11-15)31-14-30-20/h5-11,24,26H,4,12-14H2,1-3H3. The topological polar surface area (TPSA) is 67.9 Å². The number of rotatable bonds is 2. The van der Waals surface area contributed by atoms with Crippen molar-refractivity contribution in [2.24, 2.45) is 5.41 Å². The molecule has 0 saturated carbocycles. The van der Waals surface area contributed by atoms with Crippen molar-refractivity contribution in [3.63, 3.8) is 0 Å². The minimum Gasteiger partial charge on any atom is -0.454 e. The molecular weight excluding hydrogens is 392 g/mol. The highest BCUT2D eigenvalue weighted by Crippen LogP contribution is 2.49. The van der Waals surface area contributed by atoms with Crippen LogP contribution in [0.3, 0.4) is 0 Å². The van der Waals surface area contributed by atoms with Crippen molar-refractivity contribution in [1.29, 1.82) is 0 Å². The van der Waals surface area contributed by atoms with Crippen LogP contribution in [0.5, 0.6) is 11.5 Å². The summed E-state index contributed by atoms with van der Waals surface area (Å²) in [6.45, 7) is 6.24. The summed E-state index contributed by atoms with van der Waals surface area (Å²) in [4.78, 5) is 28.6. The number of nitrogens with one attached hydrogen (secondary N) is 1. The fourth-order valence-electron chi connectivity index (χ4n) is 4.83. The van der Waals surface area contributed by atoms with Crippen molar-refractivity contribution >= 4 is 23.1 Å². The SMILES string of the molecule is CCC(=O)N1c2ccccc2NC2=C(C(=O)CC(C)(C)C2)C1c1ccc2c(c1)OCO2. The number of hydrogen-bond acceptors (Lipinski definition) is 5. The van der Waals surface area contributed by atoms with E-state index in [1.807, 2.05) is 49.4 Å². The Kier molecular flexibility index (Phi) is 4.54. The first-order valence-corrected chi connectivity index (χ1v) is 10.7. The zero-order valence-electron chi connectivity index (χ0n) is 18.0. The number of fused-ring (bicyclic) bond motifs is 2. The first kappa shape index (κ1) is 19.7. The molecule has 2 aliphatic heterocycles. The Morgan fingerprint density at radius 1 is 1.13 bits per heavy atom. The summed E-state index contributed by atoms with van der Waals surface area (Å²) in [6.07, 6.45) is 1.51. The van der Waals surface area contributed by atoms with Crippen molar-refractivity contribution in [2.75, 3.05) is 17.0 Å². The first-order chi connectivity index (χ1) is 14.9. The Balaban J connectivity index is 1.77. The van der Waals surface area contributed by atoms with E-state index in [2.05, 4.69) is 19.2 Å². The zero-order valence-corrected chi connectivity index (χ0v) is 18.0. The lowest BCUT2D eigenvalue weighted by atomic mass is 9.73. The van der Waals surface area contributed by atoms with Crippen LogP contribution >= 0.6 is 0 Å². The quantitative estimate of drug-likeness (QED) is 0.746. The number of nitrogens with zero attached hydrogens (tertiary/aromatic N) is 1. The van der Waals surface area contributed by atoms with Gasteiger partial charge in [-0.05, 0) is 41.7 Å². The van der Waals surface area contributed by atoms with E-state index in [0.29, 0.717) is 29.9 Å². The van der Waals surface area contributed by atoms with Crippen LogP contribution in [-0.2, 0) is 9.59 Å². The van der Waals surface area contributed by atoms with Crippen molar-refractivity contribution in [1.82, 2.24) is 0 Å². The van der Waals surface area contributed by atoms with Crippen molar-refractivity contribution in [3.05, 3.63) is 59.3 Å². The summed E-state index contributed by atoms with van der Waals surface area (Å²) in [5.74, 6) is 1.35. The Morgan fingerprint density at radius 2 is 1.90 bits per heavy atom. The molecule has 0 saturated heterocycles. The molecule has 31 heavy (non-hydrogen) atoms. The van der Waals surface area contributed by atoms with Gasteiger partial charge in [0.05, 0.1) is 17.4 Å². The van der Waals surface area contributed by atoms with Crippen LogP contribution < -0.4 is 19.7 Å². The average molecular weight is 418 g/mol. The summed E-state index contributed by atoms with van der Waals surface area (Å²) in [6, 6.07) is 12.9. The van der Waals surface area contributed by atoms with Crippen LogP contribution in [0.2, 0.25) is 0 Å². The molecule has 0 bridgehead atoms. The predicted octanol–water partition coefficient (Wildman–Crippen LogP) is 4.97. The summed E-state index contributed by atoms with van der Waals surface area (Å²) in [7, 11) is 0. The fourth-order valence-corrected chi connectivity index (χ4v) is 4.83. The average Bonchev–Trinajstić information content (AvgIpc) is 3.14. The van der Waals surface area contributed by atoms with E-state index in [9.17, 15) is 9.59 Å². The highest BCUT2D eigenvalue weighted by Gasteiger charge is 2.43. The monoisotopic (exact) mass is 418 g/mol. The van der Waals surface area contributed by atoms with Crippen LogP contribution in [-0.4, -0.2) is 18.5 Å². The van der Waals surface area contributed by atoms with Gasteiger partial charge >= 0.3 is 0 Å². The van der Waals surface area contributed by atoms with E-state index < -0.39 is 6.04 Å². The molecule has 5 rings (SSSR count). The molecule has 0 radical (unpaired) electrons. The van der Waals surface area contributed by atoms with Crippen LogP contribution in [0.4, 0.5) is 11.4 Å². The van der Waals surface area contributed by atoms with E-state index in [-0.39, 0.29) is 23.9 Å². The van der Waals surface area contributed by atoms with E-state index in [1.165, 1.54) is 0 Å². The fraction of sp³-hybridized carbons (Fsp3) is 0.360. The molecule has 2 heterocycles. The number of hydrogen-bond donors (Lipinski definition) is 1. The predicted molar refractivity (Wildman–Crippen MR) is 118 cm³/mol. The van der Waals surface area contributed by atoms with E-state index in [4.69, 9.17) is 9.47 Å². The number of ketones is 1. The number of amides is 1. The Labute approximate surface area is 181 Å². The lowest BCUT2D eigenvalue weighted by Crippen LogP contribution is -2.39. The van der Waals surface area contributed by atoms with Gasteiger partial charge in [-0.1, -0.05) is 39.0 Å². The molecule has 1 unspecified atom stereocenters. The third-order valence-corrected chi connectivity index (χ3v) is 6.18. The smallest absolute Gasteiger partial charge is 0.231 e. The highest BCUT2D eigenvalue weighted by molar-refractivity contribution is 6.06. The molecule has 6 nitrogen and oxygen atoms in total. The summed E-state index contributed by atoms with van der Waals surface area (Å²) < 4.78 is 11.1. The Bertz CT molecular complexity index is 1120. The molecule has 0 spiro atoms. The van der Waals surface area contributed by atoms with E-state index in [0.717, 1.165) is 29.1 Å². The van der Waals surface area contributed by atoms with Gasteiger partial charge in [0.15, 0.2) is 17.3 Å². The van der Waals surface area contributed by atoms with E-state index >= 15 is 0 Å². The maximum absolute atomic E-state index is 13.5. The number of para-hydroxylation sites is 2. The van der Waals surface area contributed by atoms with Gasteiger partial charge in [0.2, 0.25) is 12.7 Å². The van der Waals surface area contributed by atoms with Gasteiger partial charge in [0.1, 0.15) is 0 Å². The minimum atomic E-state index is -0.531. The van der Waals surface area contributed by atoms with Crippen molar-refractivity contribution in [2.45, 2.75) is 46.1 Å². The van der Waals surface area contributed by atoms with Gasteiger partial charge in [0.25, 0.3) is 0 Å². The van der Waals surface area contributed by atoms with Crippen molar-refractivity contribution in [3.8, 4) is 11.5 Å². The molecule has 1 aliphatic carbocycles. The molecule has 160 valence electrons. The number of ether oxygens (including phenoxy) is 2. The Morgan fingerprint density at radius 3 is 2.71 bits per heavy atom. The second-order valence-corrected chi connectivity index (χ2v) is 9.11. The van der Waals surface area contributed by atoms with Crippen LogP contribution in [0.25, 0.3) is 0 Å². The molecule has 1 atom stereocenters. The number of anilines is 2. The molecule has 0 aromatic heterocycles. The summed E-state index contributed by atoms with van der Waals surface area (Å²) in [5, 5.41) is 3.52. The second-order valence-electron chi connectivity index (χ2n) is 9.11.